The van der Waals surface area contributed by atoms with Crippen molar-refractivity contribution in [2.75, 3.05) is 30.0 Å². The number of hydrogen-bond acceptors (Lipinski definition) is 6. The molecule has 5 rings (SSSR count). The van der Waals surface area contributed by atoms with Gasteiger partial charge >= 0.3 is 0 Å². The molecule has 0 unspecified atom stereocenters. The molecule has 8 nitrogen and oxygen atoms in total. The van der Waals surface area contributed by atoms with Crippen molar-refractivity contribution in [1.29, 1.82) is 0 Å². The van der Waals surface area contributed by atoms with E-state index in [4.69, 9.17) is 4.74 Å². The molecule has 0 aromatic carbocycles. The quantitative estimate of drug-likeness (QED) is 0.676. The van der Waals surface area contributed by atoms with E-state index in [2.05, 4.69) is 15.1 Å². The Morgan fingerprint density at radius 2 is 2.10 bits per heavy atom. The summed E-state index contributed by atoms with van der Waals surface area (Å²) in [7, 11) is 1.57. The van der Waals surface area contributed by atoms with E-state index in [1.807, 2.05) is 17.0 Å². The van der Waals surface area contributed by atoms with Crippen molar-refractivity contribution in [1.82, 2.24) is 19.7 Å². The third-order valence-electron chi connectivity index (χ3n) is 5.25. The number of carbonyl (C=O) groups excluding carboxylic acids is 1. The van der Waals surface area contributed by atoms with Gasteiger partial charge in [0.05, 0.1) is 43.3 Å². The first-order chi connectivity index (χ1) is 14.1. The van der Waals surface area contributed by atoms with Crippen LogP contribution in [0.4, 0.5) is 16.0 Å². The fourth-order valence-electron chi connectivity index (χ4n) is 3.69. The zero-order valence-electron chi connectivity index (χ0n) is 15.8. The highest BCUT2D eigenvalue weighted by molar-refractivity contribution is 6.09. The molecule has 0 aliphatic carbocycles. The van der Waals surface area contributed by atoms with Crippen molar-refractivity contribution in [3.8, 4) is 11.4 Å². The average molecular weight is 394 g/mol. The predicted octanol–water partition coefficient (Wildman–Crippen LogP) is 2.38. The number of halogens is 1. The molecular formula is C20H19FN6O2. The molecule has 2 aliphatic rings. The Bertz CT molecular complexity index is 1070. The molecular weight excluding hydrogens is 375 g/mol. The molecule has 0 radical (unpaired) electrons. The number of rotatable bonds is 4. The van der Waals surface area contributed by atoms with Crippen LogP contribution in [0.2, 0.25) is 0 Å². The van der Waals surface area contributed by atoms with Crippen LogP contribution in [0.1, 0.15) is 22.5 Å². The smallest absolute Gasteiger partial charge is 0.263 e. The molecule has 0 N–H and O–H groups in total. The number of pyridine rings is 2. The number of aromatic nitrogens is 4. The number of nitrogens with zero attached hydrogens (tertiary/aromatic N) is 6. The van der Waals surface area contributed by atoms with E-state index in [1.165, 1.54) is 0 Å². The van der Waals surface area contributed by atoms with Crippen LogP contribution in [-0.2, 0) is 6.54 Å². The third-order valence-corrected chi connectivity index (χ3v) is 5.25. The van der Waals surface area contributed by atoms with Gasteiger partial charge in [0.15, 0.2) is 0 Å². The van der Waals surface area contributed by atoms with Crippen LogP contribution >= 0.6 is 0 Å². The molecule has 2 aliphatic heterocycles. The highest BCUT2D eigenvalue weighted by Crippen LogP contribution is 2.29. The number of anilines is 2. The van der Waals surface area contributed by atoms with E-state index >= 15 is 0 Å². The van der Waals surface area contributed by atoms with Gasteiger partial charge in [0.1, 0.15) is 23.6 Å². The van der Waals surface area contributed by atoms with Crippen molar-refractivity contribution < 1.29 is 13.9 Å². The summed E-state index contributed by atoms with van der Waals surface area (Å²) in [5, 5.41) is 4.55. The normalized spacial score (nSPS) is 18.4. The fraction of sp³-hybridized carbons (Fsp3) is 0.300. The van der Waals surface area contributed by atoms with Gasteiger partial charge in [-0.1, -0.05) is 0 Å². The summed E-state index contributed by atoms with van der Waals surface area (Å²) in [6.45, 7) is 1.40. The summed E-state index contributed by atoms with van der Waals surface area (Å²) in [5.41, 5.74) is 1.97. The van der Waals surface area contributed by atoms with Gasteiger partial charge in [0.2, 0.25) is 0 Å². The zero-order chi connectivity index (χ0) is 20.0. The lowest BCUT2D eigenvalue weighted by Gasteiger charge is -2.16. The molecule has 0 spiro atoms. The van der Waals surface area contributed by atoms with Crippen LogP contribution < -0.4 is 14.5 Å². The first-order valence-electron chi connectivity index (χ1n) is 9.38. The Balaban J connectivity index is 1.36. The lowest BCUT2D eigenvalue weighted by molar-refractivity contribution is 0.0995. The van der Waals surface area contributed by atoms with Crippen molar-refractivity contribution in [2.45, 2.75) is 19.1 Å². The largest absolute Gasteiger partial charge is 0.497 e. The summed E-state index contributed by atoms with van der Waals surface area (Å²) in [6.07, 6.45) is 4.75. The molecule has 9 heteroatoms. The lowest BCUT2D eigenvalue weighted by Crippen LogP contribution is -2.24. The summed E-state index contributed by atoms with van der Waals surface area (Å²) >= 11 is 0. The maximum absolute atomic E-state index is 13.4. The Labute approximate surface area is 166 Å². The first kappa shape index (κ1) is 17.6. The second kappa shape index (κ2) is 6.84. The number of ether oxygens (including phenoxy) is 1. The van der Waals surface area contributed by atoms with Crippen LogP contribution in [0, 0.1) is 0 Å². The van der Waals surface area contributed by atoms with Crippen LogP contribution in [0.5, 0.6) is 5.75 Å². The topological polar surface area (TPSA) is 76.4 Å². The SMILES string of the molecule is COc1ccnc(N2Cc3nn(-c4ccc(N5CC[C@@H](F)C5)nc4)cc3C2=O)c1. The van der Waals surface area contributed by atoms with Crippen molar-refractivity contribution in [3.05, 3.63) is 54.1 Å². The monoisotopic (exact) mass is 394 g/mol. The highest BCUT2D eigenvalue weighted by Gasteiger charge is 2.33. The number of hydrogen-bond donors (Lipinski definition) is 0. The van der Waals surface area contributed by atoms with E-state index in [-0.39, 0.29) is 5.91 Å². The molecule has 1 atom stereocenters. The minimum absolute atomic E-state index is 0.150. The Morgan fingerprint density at radius 1 is 1.21 bits per heavy atom. The van der Waals surface area contributed by atoms with Crippen molar-refractivity contribution in [2.24, 2.45) is 0 Å². The second-order valence-corrected chi connectivity index (χ2v) is 7.09. The molecule has 29 heavy (non-hydrogen) atoms. The lowest BCUT2D eigenvalue weighted by atomic mass is 10.3. The minimum atomic E-state index is -0.793. The van der Waals surface area contributed by atoms with Gasteiger partial charge in [-0.15, -0.1) is 0 Å². The molecule has 1 amide bonds. The van der Waals surface area contributed by atoms with Crippen LogP contribution in [0.3, 0.4) is 0 Å². The zero-order valence-corrected chi connectivity index (χ0v) is 15.8. The Hall–Kier alpha value is -3.49. The van der Waals surface area contributed by atoms with Gasteiger partial charge in [-0.3, -0.25) is 9.69 Å². The third kappa shape index (κ3) is 3.08. The molecule has 0 saturated carbocycles. The van der Waals surface area contributed by atoms with Gasteiger partial charge in [-0.25, -0.2) is 19.0 Å². The molecule has 5 heterocycles. The maximum Gasteiger partial charge on any atom is 0.263 e. The Kier molecular flexibility index (Phi) is 4.15. The second-order valence-electron chi connectivity index (χ2n) is 7.09. The Morgan fingerprint density at radius 3 is 2.79 bits per heavy atom. The number of carbonyl (C=O) groups is 1. The summed E-state index contributed by atoms with van der Waals surface area (Å²) < 4.78 is 20.3. The molecule has 1 saturated heterocycles. The number of fused-ring (bicyclic) bond motifs is 1. The average Bonchev–Trinajstić information content (AvgIpc) is 3.44. The maximum atomic E-state index is 13.4. The van der Waals surface area contributed by atoms with Gasteiger partial charge in [-0.05, 0) is 24.6 Å². The van der Waals surface area contributed by atoms with E-state index in [1.54, 1.807) is 47.4 Å². The molecule has 3 aromatic heterocycles. The molecule has 3 aromatic rings. The highest BCUT2D eigenvalue weighted by atomic mass is 19.1. The van der Waals surface area contributed by atoms with Gasteiger partial charge in [0.25, 0.3) is 5.91 Å². The molecule has 0 bridgehead atoms. The van der Waals surface area contributed by atoms with Crippen LogP contribution in [0.15, 0.2) is 42.9 Å². The number of alkyl halides is 1. The summed E-state index contributed by atoms with van der Waals surface area (Å²) in [6, 6.07) is 7.19. The van der Waals surface area contributed by atoms with Crippen LogP contribution in [-0.4, -0.2) is 52.0 Å². The van der Waals surface area contributed by atoms with E-state index in [0.29, 0.717) is 48.9 Å². The standard InChI is InChI=1S/C20H19FN6O2/c1-29-15-4-6-22-19(8-15)26-12-17-16(20(26)28)11-27(24-17)14-2-3-18(23-9-14)25-7-5-13(21)10-25/h2-4,6,8-9,11,13H,5,7,10,12H2,1H3/t13-/m1/s1. The fourth-order valence-corrected chi connectivity index (χ4v) is 3.69. The predicted molar refractivity (Wildman–Crippen MR) is 104 cm³/mol. The number of amides is 1. The number of methoxy groups -OCH3 is 1. The molecule has 1 fully saturated rings. The summed E-state index contributed by atoms with van der Waals surface area (Å²) in [4.78, 5) is 25.0. The van der Waals surface area contributed by atoms with Crippen molar-refractivity contribution >= 4 is 17.5 Å². The summed E-state index contributed by atoms with van der Waals surface area (Å²) in [5.74, 6) is 1.77. The van der Waals surface area contributed by atoms with E-state index in [9.17, 15) is 9.18 Å². The van der Waals surface area contributed by atoms with Gasteiger partial charge < -0.3 is 9.64 Å². The van der Waals surface area contributed by atoms with Crippen molar-refractivity contribution in [3.63, 3.8) is 0 Å². The first-order valence-corrected chi connectivity index (χ1v) is 9.38. The van der Waals surface area contributed by atoms with E-state index in [0.717, 1.165) is 11.5 Å². The van der Waals surface area contributed by atoms with Crippen LogP contribution in [0.25, 0.3) is 5.69 Å². The van der Waals surface area contributed by atoms with Gasteiger partial charge in [-0.2, -0.15) is 5.10 Å². The molecule has 148 valence electrons. The van der Waals surface area contributed by atoms with Gasteiger partial charge in [0, 0.05) is 25.0 Å². The van der Waals surface area contributed by atoms with E-state index < -0.39 is 6.17 Å². The minimum Gasteiger partial charge on any atom is -0.497 e.